The lowest BCUT2D eigenvalue weighted by atomic mass is 9.71. The third-order valence-corrected chi connectivity index (χ3v) is 4.42. The van der Waals surface area contributed by atoms with Crippen molar-refractivity contribution in [3.63, 3.8) is 0 Å². The van der Waals surface area contributed by atoms with Crippen molar-refractivity contribution < 1.29 is 39.2 Å². The van der Waals surface area contributed by atoms with Crippen LogP contribution in [0.15, 0.2) is 35.3 Å². The van der Waals surface area contributed by atoms with Crippen LogP contribution in [0.1, 0.15) is 27.2 Å². The Morgan fingerprint density at radius 3 is 2.48 bits per heavy atom. The van der Waals surface area contributed by atoms with E-state index in [9.17, 15) is 29.7 Å². The van der Waals surface area contributed by atoms with Crippen LogP contribution in [-0.4, -0.2) is 51.4 Å². The fourth-order valence-corrected chi connectivity index (χ4v) is 3.09. The number of esters is 2. The molecule has 0 aromatic rings. The lowest BCUT2D eigenvalue weighted by molar-refractivity contribution is -0.172. The molecule has 0 amide bonds. The number of aliphatic hydroxyl groups is 3. The van der Waals surface area contributed by atoms with Gasteiger partial charge in [0.1, 0.15) is 0 Å². The van der Waals surface area contributed by atoms with Crippen LogP contribution in [0.3, 0.4) is 0 Å². The molecule has 3 N–H and O–H groups in total. The van der Waals surface area contributed by atoms with Gasteiger partial charge in [0, 0.05) is 6.42 Å². The molecule has 0 saturated heterocycles. The smallest absolute Gasteiger partial charge is 0.378 e. The van der Waals surface area contributed by atoms with Gasteiger partial charge < -0.3 is 24.8 Å². The number of cyclic esters (lactones) is 1. The number of carbonyl (C=O) groups is 3. The van der Waals surface area contributed by atoms with Gasteiger partial charge in [0.05, 0.1) is 0 Å². The number of hydrogen-bond donors (Lipinski definition) is 3. The van der Waals surface area contributed by atoms with Crippen molar-refractivity contribution in [2.45, 2.75) is 45.5 Å². The minimum Gasteiger partial charge on any atom is -0.505 e. The van der Waals surface area contributed by atoms with Crippen molar-refractivity contribution in [3.8, 4) is 0 Å². The van der Waals surface area contributed by atoms with Crippen molar-refractivity contribution in [1.29, 1.82) is 0 Å². The summed E-state index contributed by atoms with van der Waals surface area (Å²) in [7, 11) is 0. The standard InChI is InChI=1S/C17H20O8/c1-5-8-7(2)10(18)9(6-17(8,3)4)24-16(23)13(21)14-11(19)12(20)15(22)25-14/h5,9,13-14,19-21H,1,6H2,2-4H3/t9?,13-,14?/m1/s1. The molecule has 8 nitrogen and oxygen atoms in total. The zero-order chi connectivity index (χ0) is 19.1. The molecule has 1 aliphatic heterocycles. The topological polar surface area (TPSA) is 130 Å². The normalized spacial score (nSPS) is 27.2. The highest BCUT2D eigenvalue weighted by atomic mass is 16.6. The molecule has 2 aliphatic rings. The summed E-state index contributed by atoms with van der Waals surface area (Å²) in [5.74, 6) is -4.97. The molecule has 2 rings (SSSR count). The van der Waals surface area contributed by atoms with Crippen LogP contribution < -0.4 is 0 Å². The first-order valence-electron chi connectivity index (χ1n) is 7.61. The van der Waals surface area contributed by atoms with E-state index in [2.05, 4.69) is 11.3 Å². The van der Waals surface area contributed by atoms with Crippen molar-refractivity contribution in [2.24, 2.45) is 5.41 Å². The van der Waals surface area contributed by atoms with Gasteiger partial charge in [-0.2, -0.15) is 0 Å². The molecular weight excluding hydrogens is 332 g/mol. The molecule has 25 heavy (non-hydrogen) atoms. The molecule has 2 unspecified atom stereocenters. The third-order valence-electron chi connectivity index (χ3n) is 4.42. The van der Waals surface area contributed by atoms with E-state index >= 15 is 0 Å². The SMILES string of the molecule is C=CC1=C(C)C(=O)C(OC(=O)[C@H](O)C2OC(=O)C(O)=C2O)CC1(C)C. The molecular formula is C17H20O8. The largest absolute Gasteiger partial charge is 0.505 e. The molecule has 0 bridgehead atoms. The minimum atomic E-state index is -2.07. The highest BCUT2D eigenvalue weighted by Crippen LogP contribution is 2.40. The van der Waals surface area contributed by atoms with E-state index in [4.69, 9.17) is 4.74 Å². The van der Waals surface area contributed by atoms with E-state index in [1.54, 1.807) is 13.0 Å². The van der Waals surface area contributed by atoms with E-state index in [0.29, 0.717) is 5.57 Å². The van der Waals surface area contributed by atoms with Gasteiger partial charge in [-0.15, -0.1) is 0 Å². The summed E-state index contributed by atoms with van der Waals surface area (Å²) < 4.78 is 9.59. The minimum absolute atomic E-state index is 0.181. The average Bonchev–Trinajstić information content (AvgIpc) is 2.79. The van der Waals surface area contributed by atoms with Crippen molar-refractivity contribution in [1.82, 2.24) is 0 Å². The Morgan fingerprint density at radius 2 is 2.00 bits per heavy atom. The van der Waals surface area contributed by atoms with Crippen LogP contribution in [0.4, 0.5) is 0 Å². The van der Waals surface area contributed by atoms with Gasteiger partial charge in [-0.05, 0) is 23.5 Å². The maximum Gasteiger partial charge on any atom is 0.378 e. The summed E-state index contributed by atoms with van der Waals surface area (Å²) in [6, 6.07) is 0. The first-order valence-corrected chi connectivity index (χ1v) is 7.61. The predicted molar refractivity (Wildman–Crippen MR) is 84.4 cm³/mol. The Hall–Kier alpha value is -2.61. The fraction of sp³-hybridized carbons (Fsp3) is 0.471. The van der Waals surface area contributed by atoms with Gasteiger partial charge in [-0.3, -0.25) is 4.79 Å². The van der Waals surface area contributed by atoms with Crippen LogP contribution >= 0.6 is 0 Å². The van der Waals surface area contributed by atoms with Crippen molar-refractivity contribution in [3.05, 3.63) is 35.3 Å². The van der Waals surface area contributed by atoms with Crippen LogP contribution in [0.5, 0.6) is 0 Å². The molecule has 0 aromatic heterocycles. The maximum atomic E-state index is 12.4. The number of rotatable bonds is 4. The van der Waals surface area contributed by atoms with Crippen molar-refractivity contribution >= 4 is 17.7 Å². The van der Waals surface area contributed by atoms with Crippen LogP contribution in [0.25, 0.3) is 0 Å². The molecule has 1 aliphatic carbocycles. The van der Waals surface area contributed by atoms with Gasteiger partial charge >= 0.3 is 11.9 Å². The average molecular weight is 352 g/mol. The maximum absolute atomic E-state index is 12.4. The van der Waals surface area contributed by atoms with Gasteiger partial charge in [-0.25, -0.2) is 9.59 Å². The Labute approximate surface area is 144 Å². The second-order valence-electron chi connectivity index (χ2n) is 6.63. The first-order chi connectivity index (χ1) is 11.5. The highest BCUT2D eigenvalue weighted by molar-refractivity contribution is 6.02. The highest BCUT2D eigenvalue weighted by Gasteiger charge is 2.45. The number of allylic oxidation sites excluding steroid dienone is 2. The van der Waals surface area contributed by atoms with E-state index in [1.165, 1.54) is 0 Å². The Balaban J connectivity index is 2.16. The summed E-state index contributed by atoms with van der Waals surface area (Å²) in [6.07, 6.45) is -3.20. The van der Waals surface area contributed by atoms with Crippen LogP contribution in [0, 0.1) is 5.41 Å². The summed E-state index contributed by atoms with van der Waals surface area (Å²) >= 11 is 0. The van der Waals surface area contributed by atoms with E-state index < -0.39 is 53.0 Å². The predicted octanol–water partition coefficient (Wildman–Crippen LogP) is 1.01. The number of aliphatic hydroxyl groups excluding tert-OH is 3. The van der Waals surface area contributed by atoms with Crippen LogP contribution in [-0.2, 0) is 23.9 Å². The van der Waals surface area contributed by atoms with E-state index in [1.807, 2.05) is 13.8 Å². The fourth-order valence-electron chi connectivity index (χ4n) is 3.09. The Kier molecular flexibility index (Phi) is 4.76. The molecule has 0 radical (unpaired) electrons. The Morgan fingerprint density at radius 1 is 1.40 bits per heavy atom. The summed E-state index contributed by atoms with van der Waals surface area (Å²) in [6.45, 7) is 9.02. The summed E-state index contributed by atoms with van der Waals surface area (Å²) in [4.78, 5) is 35.6. The third kappa shape index (κ3) is 3.17. The number of ether oxygens (including phenoxy) is 2. The molecule has 8 heteroatoms. The van der Waals surface area contributed by atoms with Crippen molar-refractivity contribution in [2.75, 3.05) is 0 Å². The van der Waals surface area contributed by atoms with Gasteiger partial charge in [0.25, 0.3) is 0 Å². The molecule has 0 fully saturated rings. The van der Waals surface area contributed by atoms with Crippen LogP contribution in [0.2, 0.25) is 0 Å². The quantitative estimate of drug-likeness (QED) is 0.639. The number of Topliss-reactive ketones (excluding diaryl/α,β-unsaturated/α-hetero) is 1. The second kappa shape index (κ2) is 6.36. The number of ketones is 1. The molecule has 0 spiro atoms. The molecule has 0 saturated carbocycles. The molecule has 136 valence electrons. The lowest BCUT2D eigenvalue weighted by Gasteiger charge is -2.36. The molecule has 0 aromatic carbocycles. The van der Waals surface area contributed by atoms with Gasteiger partial charge in [0.15, 0.2) is 29.9 Å². The van der Waals surface area contributed by atoms with Gasteiger partial charge in [-0.1, -0.05) is 26.5 Å². The zero-order valence-corrected chi connectivity index (χ0v) is 14.1. The summed E-state index contributed by atoms with van der Waals surface area (Å²) in [5.41, 5.74) is 0.683. The van der Waals surface area contributed by atoms with Gasteiger partial charge in [0.2, 0.25) is 5.76 Å². The summed E-state index contributed by atoms with van der Waals surface area (Å²) in [5, 5.41) is 28.7. The number of carbonyl (C=O) groups excluding carboxylic acids is 3. The monoisotopic (exact) mass is 352 g/mol. The molecule has 3 atom stereocenters. The Bertz CT molecular complexity index is 712. The number of hydrogen-bond acceptors (Lipinski definition) is 8. The van der Waals surface area contributed by atoms with E-state index in [0.717, 1.165) is 5.57 Å². The first kappa shape index (κ1) is 18.7. The lowest BCUT2D eigenvalue weighted by Crippen LogP contribution is -2.44. The zero-order valence-electron chi connectivity index (χ0n) is 14.1. The van der Waals surface area contributed by atoms with E-state index in [-0.39, 0.29) is 6.42 Å². The molecule has 1 heterocycles. The second-order valence-corrected chi connectivity index (χ2v) is 6.63.